The zero-order valence-corrected chi connectivity index (χ0v) is 11.0. The Hall–Kier alpha value is -1.67. The molecule has 98 valence electrons. The lowest BCUT2D eigenvalue weighted by molar-refractivity contribution is 0.627. The zero-order valence-electron chi connectivity index (χ0n) is 11.0. The standard InChI is InChI=1S/C17H18FN/c18-17-5-2-13(3-6-17)11-14-1-4-15-7-9-19-10-8-16(15)12-14/h1-6,12,19H,7-11H2. The van der Waals surface area contributed by atoms with E-state index in [1.807, 2.05) is 12.1 Å². The summed E-state index contributed by atoms with van der Waals surface area (Å²) in [6.07, 6.45) is 3.10. The summed E-state index contributed by atoms with van der Waals surface area (Å²) in [6.45, 7) is 2.14. The van der Waals surface area contributed by atoms with Crippen LogP contribution in [-0.2, 0) is 19.3 Å². The quantitative estimate of drug-likeness (QED) is 0.869. The third kappa shape index (κ3) is 3.02. The van der Waals surface area contributed by atoms with E-state index in [0.29, 0.717) is 0 Å². The van der Waals surface area contributed by atoms with Gasteiger partial charge in [0.25, 0.3) is 0 Å². The first kappa shape index (κ1) is 12.4. The molecule has 0 fully saturated rings. The summed E-state index contributed by atoms with van der Waals surface area (Å²) in [6, 6.07) is 13.6. The summed E-state index contributed by atoms with van der Waals surface area (Å²) in [5, 5.41) is 3.43. The minimum absolute atomic E-state index is 0.170. The monoisotopic (exact) mass is 255 g/mol. The molecule has 0 bridgehead atoms. The average Bonchev–Trinajstić information content (AvgIpc) is 2.66. The normalized spacial score (nSPS) is 14.8. The van der Waals surface area contributed by atoms with Gasteiger partial charge in [-0.3, -0.25) is 0 Å². The van der Waals surface area contributed by atoms with Gasteiger partial charge < -0.3 is 5.32 Å². The SMILES string of the molecule is Fc1ccc(Cc2ccc3c(c2)CCNCC3)cc1. The molecular weight excluding hydrogens is 237 g/mol. The van der Waals surface area contributed by atoms with E-state index < -0.39 is 0 Å². The van der Waals surface area contributed by atoms with E-state index in [-0.39, 0.29) is 5.82 Å². The van der Waals surface area contributed by atoms with E-state index in [4.69, 9.17) is 0 Å². The number of hydrogen-bond acceptors (Lipinski definition) is 1. The third-order valence-corrected chi connectivity index (χ3v) is 3.73. The summed E-state index contributed by atoms with van der Waals surface area (Å²) in [4.78, 5) is 0. The van der Waals surface area contributed by atoms with Crippen LogP contribution >= 0.6 is 0 Å². The summed E-state index contributed by atoms with van der Waals surface area (Å²) in [5.74, 6) is -0.170. The van der Waals surface area contributed by atoms with Crippen LogP contribution in [0.1, 0.15) is 22.3 Å². The lowest BCUT2D eigenvalue weighted by Gasteiger charge is -2.08. The Morgan fingerprint density at radius 2 is 1.53 bits per heavy atom. The molecular formula is C17H18FN. The topological polar surface area (TPSA) is 12.0 Å². The third-order valence-electron chi connectivity index (χ3n) is 3.73. The fourth-order valence-corrected chi connectivity index (χ4v) is 2.67. The summed E-state index contributed by atoms with van der Waals surface area (Å²) >= 11 is 0. The lowest BCUT2D eigenvalue weighted by atomic mass is 9.97. The molecule has 0 aliphatic carbocycles. The highest BCUT2D eigenvalue weighted by molar-refractivity contribution is 5.36. The molecule has 2 aromatic carbocycles. The second-order valence-electron chi connectivity index (χ2n) is 5.16. The van der Waals surface area contributed by atoms with Gasteiger partial charge in [-0.25, -0.2) is 4.39 Å². The average molecular weight is 255 g/mol. The van der Waals surface area contributed by atoms with Crippen molar-refractivity contribution in [1.29, 1.82) is 0 Å². The molecule has 0 saturated heterocycles. The minimum atomic E-state index is -0.170. The highest BCUT2D eigenvalue weighted by atomic mass is 19.1. The Morgan fingerprint density at radius 1 is 0.842 bits per heavy atom. The number of hydrogen-bond donors (Lipinski definition) is 1. The molecule has 0 unspecified atom stereocenters. The van der Waals surface area contributed by atoms with Crippen molar-refractivity contribution in [3.05, 3.63) is 70.5 Å². The summed E-state index contributed by atoms with van der Waals surface area (Å²) < 4.78 is 12.9. The fourth-order valence-electron chi connectivity index (χ4n) is 2.67. The fraction of sp³-hybridized carbons (Fsp3) is 0.294. The van der Waals surface area contributed by atoms with Crippen molar-refractivity contribution in [2.75, 3.05) is 13.1 Å². The molecule has 0 atom stereocenters. The number of rotatable bonds is 2. The molecule has 0 aromatic heterocycles. The van der Waals surface area contributed by atoms with Crippen LogP contribution in [0.5, 0.6) is 0 Å². The van der Waals surface area contributed by atoms with Crippen molar-refractivity contribution in [2.45, 2.75) is 19.3 Å². The molecule has 19 heavy (non-hydrogen) atoms. The molecule has 0 radical (unpaired) electrons. The van der Waals surface area contributed by atoms with Gasteiger partial charge in [-0.15, -0.1) is 0 Å². The summed E-state index contributed by atoms with van der Waals surface area (Å²) in [7, 11) is 0. The van der Waals surface area contributed by atoms with Crippen LogP contribution in [0, 0.1) is 5.82 Å². The van der Waals surface area contributed by atoms with Crippen molar-refractivity contribution in [2.24, 2.45) is 0 Å². The molecule has 2 heteroatoms. The van der Waals surface area contributed by atoms with Gasteiger partial charge in [0.15, 0.2) is 0 Å². The minimum Gasteiger partial charge on any atom is -0.316 e. The van der Waals surface area contributed by atoms with Gasteiger partial charge in [0.05, 0.1) is 0 Å². The van der Waals surface area contributed by atoms with Gasteiger partial charge in [-0.1, -0.05) is 30.3 Å². The Morgan fingerprint density at radius 3 is 2.32 bits per heavy atom. The smallest absolute Gasteiger partial charge is 0.123 e. The maximum Gasteiger partial charge on any atom is 0.123 e. The van der Waals surface area contributed by atoms with Crippen LogP contribution in [0.25, 0.3) is 0 Å². The van der Waals surface area contributed by atoms with Gasteiger partial charge in [0.1, 0.15) is 5.82 Å². The predicted octanol–water partition coefficient (Wildman–Crippen LogP) is 3.10. The molecule has 1 aliphatic rings. The number of nitrogens with one attached hydrogen (secondary N) is 1. The lowest BCUT2D eigenvalue weighted by Crippen LogP contribution is -2.16. The summed E-state index contributed by atoms with van der Waals surface area (Å²) in [5.41, 5.74) is 5.40. The second kappa shape index (κ2) is 5.54. The van der Waals surface area contributed by atoms with Gasteiger partial charge in [-0.05, 0) is 66.7 Å². The van der Waals surface area contributed by atoms with Crippen LogP contribution in [0.4, 0.5) is 4.39 Å². The van der Waals surface area contributed by atoms with Gasteiger partial charge in [-0.2, -0.15) is 0 Å². The molecule has 3 rings (SSSR count). The first-order valence-corrected chi connectivity index (χ1v) is 6.87. The van der Waals surface area contributed by atoms with Crippen molar-refractivity contribution in [3.8, 4) is 0 Å². The van der Waals surface area contributed by atoms with E-state index in [1.165, 1.54) is 28.8 Å². The maximum atomic E-state index is 12.9. The molecule has 0 amide bonds. The zero-order chi connectivity index (χ0) is 13.1. The number of fused-ring (bicyclic) bond motifs is 1. The van der Waals surface area contributed by atoms with E-state index in [2.05, 4.69) is 23.5 Å². The van der Waals surface area contributed by atoms with Crippen molar-refractivity contribution in [1.82, 2.24) is 5.32 Å². The van der Waals surface area contributed by atoms with Crippen molar-refractivity contribution in [3.63, 3.8) is 0 Å². The number of halogens is 1. The second-order valence-corrected chi connectivity index (χ2v) is 5.16. The Kier molecular flexibility index (Phi) is 3.60. The number of benzene rings is 2. The highest BCUT2D eigenvalue weighted by Crippen LogP contribution is 2.18. The molecule has 0 saturated carbocycles. The maximum absolute atomic E-state index is 12.9. The van der Waals surface area contributed by atoms with Crippen LogP contribution in [0.2, 0.25) is 0 Å². The van der Waals surface area contributed by atoms with Crippen molar-refractivity contribution >= 4 is 0 Å². The molecule has 1 heterocycles. The molecule has 1 nitrogen and oxygen atoms in total. The van der Waals surface area contributed by atoms with Crippen LogP contribution in [-0.4, -0.2) is 13.1 Å². The molecule has 0 spiro atoms. The first-order chi connectivity index (χ1) is 9.31. The van der Waals surface area contributed by atoms with Crippen LogP contribution in [0.3, 0.4) is 0 Å². The Balaban J connectivity index is 1.81. The Labute approximate surface area is 113 Å². The van der Waals surface area contributed by atoms with Gasteiger partial charge in [0, 0.05) is 0 Å². The first-order valence-electron chi connectivity index (χ1n) is 6.87. The molecule has 2 aromatic rings. The Bertz CT molecular complexity index is 560. The van der Waals surface area contributed by atoms with E-state index in [9.17, 15) is 4.39 Å². The van der Waals surface area contributed by atoms with E-state index >= 15 is 0 Å². The van der Waals surface area contributed by atoms with Crippen LogP contribution in [0.15, 0.2) is 42.5 Å². The largest absolute Gasteiger partial charge is 0.316 e. The highest BCUT2D eigenvalue weighted by Gasteiger charge is 2.08. The molecule has 1 N–H and O–H groups in total. The van der Waals surface area contributed by atoms with E-state index in [1.54, 1.807) is 0 Å². The van der Waals surface area contributed by atoms with Crippen molar-refractivity contribution < 1.29 is 4.39 Å². The van der Waals surface area contributed by atoms with Crippen LogP contribution < -0.4 is 5.32 Å². The van der Waals surface area contributed by atoms with Gasteiger partial charge >= 0.3 is 0 Å². The predicted molar refractivity (Wildman–Crippen MR) is 75.9 cm³/mol. The molecule has 1 aliphatic heterocycles. The van der Waals surface area contributed by atoms with Gasteiger partial charge in [0.2, 0.25) is 0 Å². The van der Waals surface area contributed by atoms with E-state index in [0.717, 1.165) is 37.9 Å².